The van der Waals surface area contributed by atoms with Crippen LogP contribution in [-0.4, -0.2) is 111 Å². The van der Waals surface area contributed by atoms with Crippen LogP contribution in [0.5, 0.6) is 11.5 Å². The van der Waals surface area contributed by atoms with Gasteiger partial charge in [0.25, 0.3) is 0 Å². The monoisotopic (exact) mass is 749 g/mol. The smallest absolute Gasteiger partial charge is 0.503 e. The SMILES string of the molecule is C[N+]1=C2N(CCCc3cc(C(C)(C)C)cc(C=NC4CCCCC4N=Cc4cccc(C(C)(C)C)c4O)c3O)CCCN2CCC1.O=C(O)O.[Co]. The van der Waals surface area contributed by atoms with E-state index in [0.29, 0.717) is 11.5 Å². The van der Waals surface area contributed by atoms with Crippen LogP contribution in [0.3, 0.4) is 0 Å². The Kier molecular flexibility index (Phi) is 15.0. The standard InChI is InChI=1S/C39H57N5O2.CH2O3.Co/c1-38(2,3)31-24-28(15-11-20-43-22-13-23-44-21-12-19-42(7)37(43)44)35(45)30(25-31)27-41-34-18-9-8-17-33(34)40-26-29-14-10-16-32(36(29)46)39(4,5)6;2-1(3)4;/h10,14,16,24-27,33-34H,8-9,11-13,15,17-23H2,1-7H3,(H-,40,41,45,46);(H2,2,3,4);/p+1. The second-order valence-electron chi connectivity index (χ2n) is 16.1. The number of phenols is 2. The molecule has 2 aromatic carbocycles. The van der Waals surface area contributed by atoms with Gasteiger partial charge in [0.1, 0.15) is 11.5 Å². The van der Waals surface area contributed by atoms with Crippen LogP contribution in [0.2, 0.25) is 0 Å². The van der Waals surface area contributed by atoms with E-state index in [9.17, 15) is 10.2 Å². The molecule has 0 spiro atoms. The van der Waals surface area contributed by atoms with Crippen molar-refractivity contribution in [3.63, 3.8) is 0 Å². The average Bonchev–Trinajstić information content (AvgIpc) is 3.03. The Hall–Kier alpha value is -3.57. The van der Waals surface area contributed by atoms with E-state index in [0.717, 1.165) is 93.5 Å². The van der Waals surface area contributed by atoms with Crippen LogP contribution in [0.4, 0.5) is 4.79 Å². The van der Waals surface area contributed by atoms with E-state index < -0.39 is 6.16 Å². The summed E-state index contributed by atoms with van der Waals surface area (Å²) >= 11 is 0. The van der Waals surface area contributed by atoms with E-state index in [1.54, 1.807) is 0 Å². The summed E-state index contributed by atoms with van der Waals surface area (Å²) in [6, 6.07) is 10.3. The molecule has 283 valence electrons. The van der Waals surface area contributed by atoms with Crippen molar-refractivity contribution in [2.75, 3.05) is 39.8 Å². The Morgan fingerprint density at radius 1 is 0.863 bits per heavy atom. The first kappa shape index (κ1) is 41.8. The van der Waals surface area contributed by atoms with Gasteiger partial charge in [-0.1, -0.05) is 72.6 Å². The Bertz CT molecular complexity index is 1570. The summed E-state index contributed by atoms with van der Waals surface area (Å²) in [5, 5.41) is 36.4. The summed E-state index contributed by atoms with van der Waals surface area (Å²) in [5.41, 5.74) is 4.53. The molecule has 1 radical (unpaired) electrons. The van der Waals surface area contributed by atoms with E-state index in [1.165, 1.54) is 24.4 Å². The first-order chi connectivity index (χ1) is 23.6. The minimum Gasteiger partial charge on any atom is -0.507 e. The molecule has 1 aliphatic carbocycles. The number of rotatable bonds is 8. The van der Waals surface area contributed by atoms with Gasteiger partial charge < -0.3 is 20.4 Å². The van der Waals surface area contributed by atoms with Crippen LogP contribution in [0.15, 0.2) is 40.3 Å². The van der Waals surface area contributed by atoms with Crippen molar-refractivity contribution >= 4 is 24.5 Å². The van der Waals surface area contributed by atoms with Gasteiger partial charge in [0.15, 0.2) is 0 Å². The fraction of sp³-hybridized carbons (Fsp3) is 0.600. The molecule has 51 heavy (non-hydrogen) atoms. The van der Waals surface area contributed by atoms with E-state index >= 15 is 0 Å². The predicted octanol–water partition coefficient (Wildman–Crippen LogP) is 7.10. The number of phenolic OH excluding ortho intramolecular Hbond substituents is 2. The molecule has 3 aliphatic rings. The third-order valence-corrected chi connectivity index (χ3v) is 10.0. The minimum absolute atomic E-state index is 0. The summed E-state index contributed by atoms with van der Waals surface area (Å²) in [6.07, 6.45) is 10.4. The molecule has 4 N–H and O–H groups in total. The third kappa shape index (κ3) is 11.5. The Morgan fingerprint density at radius 2 is 1.47 bits per heavy atom. The molecule has 0 amide bonds. The van der Waals surface area contributed by atoms with Gasteiger partial charge in [0.05, 0.1) is 51.9 Å². The molecule has 2 atom stereocenters. The molecular weight excluding hydrogens is 689 g/mol. The number of aliphatic imine (C=N–C) groups is 2. The molecule has 5 rings (SSSR count). The molecule has 2 aliphatic heterocycles. The van der Waals surface area contributed by atoms with Crippen LogP contribution in [0.1, 0.15) is 114 Å². The first-order valence-corrected chi connectivity index (χ1v) is 18.3. The zero-order chi connectivity index (χ0) is 36.6. The number of carboxylic acid groups (broad SMARTS) is 2. The maximum absolute atomic E-state index is 11.5. The fourth-order valence-electron chi connectivity index (χ4n) is 7.32. The van der Waals surface area contributed by atoms with Crippen LogP contribution < -0.4 is 0 Å². The van der Waals surface area contributed by atoms with Crippen molar-refractivity contribution in [1.82, 2.24) is 9.80 Å². The number of hydrogen-bond acceptors (Lipinski definition) is 7. The van der Waals surface area contributed by atoms with Crippen LogP contribution in [0, 0.1) is 0 Å². The van der Waals surface area contributed by atoms with E-state index in [-0.39, 0.29) is 39.7 Å². The van der Waals surface area contributed by atoms with Crippen molar-refractivity contribution in [3.05, 3.63) is 58.1 Å². The number of para-hydroxylation sites is 1. The topological polar surface area (TPSA) is 132 Å². The van der Waals surface area contributed by atoms with Gasteiger partial charge in [0, 0.05) is 53.2 Å². The average molecular weight is 750 g/mol. The molecule has 2 fully saturated rings. The van der Waals surface area contributed by atoms with Crippen LogP contribution >= 0.6 is 0 Å². The van der Waals surface area contributed by atoms with Gasteiger partial charge in [0.2, 0.25) is 0 Å². The van der Waals surface area contributed by atoms with Gasteiger partial charge in [-0.3, -0.25) is 24.4 Å². The van der Waals surface area contributed by atoms with E-state index in [4.69, 9.17) is 25.0 Å². The number of guanidine groups is 1. The van der Waals surface area contributed by atoms with Crippen molar-refractivity contribution < 1.29 is 46.6 Å². The third-order valence-electron chi connectivity index (χ3n) is 10.0. The number of nitrogens with zero attached hydrogens (tertiary/aromatic N) is 5. The Labute approximate surface area is 315 Å². The normalized spacial score (nSPS) is 19.8. The zero-order valence-corrected chi connectivity index (χ0v) is 32.7. The summed E-state index contributed by atoms with van der Waals surface area (Å²) in [7, 11) is 2.22. The number of carbonyl (C=O) groups is 1. The second kappa shape index (κ2) is 18.3. The first-order valence-electron chi connectivity index (χ1n) is 18.3. The summed E-state index contributed by atoms with van der Waals surface area (Å²) < 4.78 is 2.42. The zero-order valence-electron chi connectivity index (χ0n) is 31.7. The molecule has 1 saturated carbocycles. The summed E-state index contributed by atoms with van der Waals surface area (Å²) in [5.74, 6) is 2.06. The number of hydrogen-bond donors (Lipinski definition) is 4. The van der Waals surface area contributed by atoms with Gasteiger partial charge in [-0.15, -0.1) is 0 Å². The molecule has 0 bridgehead atoms. The fourth-order valence-corrected chi connectivity index (χ4v) is 7.32. The number of aryl methyl sites for hydroxylation is 1. The van der Waals surface area contributed by atoms with Gasteiger partial charge in [-0.2, -0.15) is 0 Å². The van der Waals surface area contributed by atoms with Crippen molar-refractivity contribution in [3.8, 4) is 11.5 Å². The molecule has 2 heterocycles. The van der Waals surface area contributed by atoms with Gasteiger partial charge >= 0.3 is 12.1 Å². The number of fused-ring (bicyclic) bond motifs is 1. The number of benzene rings is 2. The number of aromatic hydroxyl groups is 2. The largest absolute Gasteiger partial charge is 0.507 e. The molecule has 1 saturated heterocycles. The molecule has 10 nitrogen and oxygen atoms in total. The molecule has 0 aromatic heterocycles. The second-order valence-corrected chi connectivity index (χ2v) is 16.1. The van der Waals surface area contributed by atoms with Crippen LogP contribution in [0.25, 0.3) is 0 Å². The molecule has 2 unspecified atom stereocenters. The van der Waals surface area contributed by atoms with Crippen LogP contribution in [-0.2, 0) is 34.0 Å². The Balaban J connectivity index is 0.00000133. The molecular formula is C40H60CoN5O5+. The van der Waals surface area contributed by atoms with E-state index in [1.807, 2.05) is 30.6 Å². The molecule has 11 heteroatoms. The maximum atomic E-state index is 11.5. The minimum atomic E-state index is -1.83. The predicted molar refractivity (Wildman–Crippen MR) is 202 cm³/mol. The van der Waals surface area contributed by atoms with Crippen molar-refractivity contribution in [2.24, 2.45) is 9.98 Å². The van der Waals surface area contributed by atoms with Gasteiger partial charge in [-0.05, 0) is 65.3 Å². The van der Waals surface area contributed by atoms with Gasteiger partial charge in [-0.25, -0.2) is 4.79 Å². The van der Waals surface area contributed by atoms with Crippen molar-refractivity contribution in [2.45, 2.75) is 116 Å². The summed E-state index contributed by atoms with van der Waals surface area (Å²) in [4.78, 5) is 23.7. The summed E-state index contributed by atoms with van der Waals surface area (Å²) in [6.45, 7) is 18.6. The maximum Gasteiger partial charge on any atom is 0.503 e. The van der Waals surface area contributed by atoms with E-state index in [2.05, 4.69) is 75.1 Å². The quantitative estimate of drug-likeness (QED) is 0.167. The Morgan fingerprint density at radius 3 is 2.08 bits per heavy atom. The van der Waals surface area contributed by atoms with Crippen molar-refractivity contribution in [1.29, 1.82) is 0 Å². The molecule has 2 aromatic rings.